The number of benzene rings is 8. The first kappa shape index (κ1) is 45.8. The maximum Gasteiger partial charge on any atom is 0.573 e. The van der Waals surface area contributed by atoms with Gasteiger partial charge in [0.2, 0.25) is 0 Å². The van der Waals surface area contributed by atoms with Gasteiger partial charge in [0.1, 0.15) is 11.5 Å². The highest BCUT2D eigenvalue weighted by Crippen LogP contribution is 2.49. The molecular formula is C55H42F6O3P2. The number of halogens is 6. The van der Waals surface area contributed by atoms with Crippen LogP contribution in [0.4, 0.5) is 26.3 Å². The molecule has 0 radical (unpaired) electrons. The standard InChI is InChI=1S/C55H42F6O3P2/c56-54(57,58)63-43-35-31-41(32-36-43)51(39-65(45-19-7-1-8-20-45,46-21-9-2-10-22-46)47-23-11-3-12-24-47)53(62)52(42-33-37-44(38-34-42)64-55(59,60)61)40-66(48-25-13-4-14-26-48,49-27-15-5-16-28-49)50-29-17-6-18-30-50/h1-40,51-52H. The van der Waals surface area contributed by atoms with Gasteiger partial charge in [0.15, 0.2) is 5.78 Å². The SMILES string of the molecule is O=C(C(C=P(c1ccccc1)(c1ccccc1)c1ccccc1)c1ccc(OC(F)(F)F)cc1)C(C=P(c1ccccc1)(c1ccccc1)c1ccccc1)c1ccc(OC(F)(F)F)cc1. The molecule has 0 fully saturated rings. The van der Waals surface area contributed by atoms with E-state index in [2.05, 4.69) is 21.1 Å². The van der Waals surface area contributed by atoms with Gasteiger partial charge in [-0.05, 0) is 81.0 Å². The average Bonchev–Trinajstić information content (AvgIpc) is 3.34. The summed E-state index contributed by atoms with van der Waals surface area (Å²) < 4.78 is 89.9. The molecule has 0 saturated carbocycles. The molecular weight excluding hydrogens is 885 g/mol. The smallest absolute Gasteiger partial charge is 0.406 e. The van der Waals surface area contributed by atoms with E-state index < -0.39 is 49.8 Å². The number of hydrogen-bond acceptors (Lipinski definition) is 3. The van der Waals surface area contributed by atoms with E-state index in [0.29, 0.717) is 11.1 Å². The van der Waals surface area contributed by atoms with Crippen LogP contribution >= 0.6 is 13.8 Å². The van der Waals surface area contributed by atoms with Crippen LogP contribution in [0.15, 0.2) is 231 Å². The second kappa shape index (κ2) is 19.8. The molecule has 3 nitrogen and oxygen atoms in total. The van der Waals surface area contributed by atoms with E-state index in [0.717, 1.165) is 31.8 Å². The molecule has 0 bridgehead atoms. The zero-order valence-corrected chi connectivity index (χ0v) is 36.9. The van der Waals surface area contributed by atoms with E-state index in [-0.39, 0.29) is 5.78 Å². The molecule has 8 aromatic rings. The van der Waals surface area contributed by atoms with Crippen LogP contribution in [0.25, 0.3) is 0 Å². The van der Waals surface area contributed by atoms with Crippen molar-refractivity contribution in [3.8, 4) is 11.5 Å². The Morgan fingerprint density at radius 2 is 0.561 bits per heavy atom. The summed E-state index contributed by atoms with van der Waals surface area (Å²) in [4.78, 5) is 16.6. The van der Waals surface area contributed by atoms with Crippen molar-refractivity contribution in [3.63, 3.8) is 0 Å². The molecule has 332 valence electrons. The Balaban J connectivity index is 1.50. The Bertz CT molecular complexity index is 2540. The molecule has 66 heavy (non-hydrogen) atoms. The highest BCUT2D eigenvalue weighted by molar-refractivity contribution is 7.95. The minimum atomic E-state index is -4.96. The van der Waals surface area contributed by atoms with Gasteiger partial charge in [-0.25, -0.2) is 0 Å². The van der Waals surface area contributed by atoms with Crippen LogP contribution in [0, 0.1) is 0 Å². The average molecular weight is 927 g/mol. The third kappa shape index (κ3) is 10.2. The number of Topliss-reactive ketones (excluding diaryl/α,β-unsaturated/α-hetero) is 1. The van der Waals surface area contributed by atoms with Crippen molar-refractivity contribution < 1.29 is 40.6 Å². The monoisotopic (exact) mass is 926 g/mol. The van der Waals surface area contributed by atoms with Crippen LogP contribution in [0.1, 0.15) is 23.0 Å². The zero-order valence-electron chi connectivity index (χ0n) is 35.1. The number of carbonyl (C=O) groups is 1. The Morgan fingerprint density at radius 3 is 0.758 bits per heavy atom. The zero-order chi connectivity index (χ0) is 46.2. The molecule has 8 aromatic carbocycles. The predicted octanol–water partition coefficient (Wildman–Crippen LogP) is 11.5. The third-order valence-corrected chi connectivity index (χ3v) is 19.5. The summed E-state index contributed by atoms with van der Waals surface area (Å²) in [6.07, 6.45) is -9.92. The predicted molar refractivity (Wildman–Crippen MR) is 259 cm³/mol. The lowest BCUT2D eigenvalue weighted by Crippen LogP contribution is -2.33. The van der Waals surface area contributed by atoms with Crippen molar-refractivity contribution in [2.75, 3.05) is 0 Å². The summed E-state index contributed by atoms with van der Waals surface area (Å²) in [5, 5.41) is 5.53. The lowest BCUT2D eigenvalue weighted by molar-refractivity contribution is -0.275. The fourth-order valence-corrected chi connectivity index (χ4v) is 16.6. The lowest BCUT2D eigenvalue weighted by atomic mass is 9.85. The number of rotatable bonds is 14. The molecule has 0 aromatic heterocycles. The van der Waals surface area contributed by atoms with Crippen molar-refractivity contribution >= 4 is 63.0 Å². The van der Waals surface area contributed by atoms with Crippen LogP contribution in [0.3, 0.4) is 0 Å². The molecule has 0 amide bonds. The van der Waals surface area contributed by atoms with Crippen LogP contribution in [-0.4, -0.2) is 30.1 Å². The van der Waals surface area contributed by atoms with Crippen molar-refractivity contribution in [3.05, 3.63) is 242 Å². The second-order valence-electron chi connectivity index (χ2n) is 15.3. The molecule has 0 N–H and O–H groups in total. The van der Waals surface area contributed by atoms with Crippen molar-refractivity contribution in [1.82, 2.24) is 0 Å². The summed E-state index contributed by atoms with van der Waals surface area (Å²) in [6, 6.07) is 69.6. The molecule has 0 heterocycles. The molecule has 0 aliphatic carbocycles. The van der Waals surface area contributed by atoms with E-state index in [4.69, 9.17) is 0 Å². The van der Waals surface area contributed by atoms with Gasteiger partial charge >= 0.3 is 12.7 Å². The topological polar surface area (TPSA) is 35.5 Å². The molecule has 0 aliphatic heterocycles. The summed E-state index contributed by atoms with van der Waals surface area (Å²) >= 11 is 0. The van der Waals surface area contributed by atoms with Gasteiger partial charge in [-0.15, -0.1) is 26.3 Å². The third-order valence-electron chi connectivity index (χ3n) is 11.3. The maximum absolute atomic E-state index is 16.6. The van der Waals surface area contributed by atoms with Crippen LogP contribution in [0.2, 0.25) is 0 Å². The minimum absolute atomic E-state index is 0.358. The fourth-order valence-electron chi connectivity index (χ4n) is 8.43. The fraction of sp³-hybridized carbons (Fsp3) is 0.0727. The van der Waals surface area contributed by atoms with Crippen LogP contribution in [0.5, 0.6) is 11.5 Å². The van der Waals surface area contributed by atoms with E-state index in [1.807, 2.05) is 182 Å². The number of ether oxygens (including phenoxy) is 2. The molecule has 0 spiro atoms. The molecule has 0 saturated heterocycles. The van der Waals surface area contributed by atoms with Crippen molar-refractivity contribution in [2.45, 2.75) is 24.6 Å². The second-order valence-corrected chi connectivity index (χ2v) is 21.9. The first-order valence-electron chi connectivity index (χ1n) is 20.9. The minimum Gasteiger partial charge on any atom is -0.406 e. The molecule has 8 rings (SSSR count). The van der Waals surface area contributed by atoms with E-state index in [9.17, 15) is 26.3 Å². The van der Waals surface area contributed by atoms with Gasteiger partial charge in [-0.3, -0.25) is 4.79 Å². The van der Waals surface area contributed by atoms with Gasteiger partial charge in [0.05, 0.1) is 11.8 Å². The maximum atomic E-state index is 16.6. The highest BCUT2D eigenvalue weighted by atomic mass is 31.2. The van der Waals surface area contributed by atoms with Crippen molar-refractivity contribution in [2.24, 2.45) is 0 Å². The molecule has 2 unspecified atom stereocenters. The van der Waals surface area contributed by atoms with Gasteiger partial charge in [0.25, 0.3) is 0 Å². The lowest BCUT2D eigenvalue weighted by Gasteiger charge is -2.33. The number of hydrogen-bond donors (Lipinski definition) is 0. The number of alkyl halides is 6. The van der Waals surface area contributed by atoms with Gasteiger partial charge in [0, 0.05) is 0 Å². The summed E-state index contributed by atoms with van der Waals surface area (Å²) in [7, 11) is 0. The summed E-state index contributed by atoms with van der Waals surface area (Å²) in [6.45, 7) is -5.94. The molecule has 2 atom stereocenters. The van der Waals surface area contributed by atoms with Crippen LogP contribution < -0.4 is 41.3 Å². The largest absolute Gasteiger partial charge is 0.573 e. The summed E-state index contributed by atoms with van der Waals surface area (Å²) in [5.41, 5.74) is 0.778. The van der Waals surface area contributed by atoms with Gasteiger partial charge in [-0.1, -0.05) is 218 Å². The quantitative estimate of drug-likeness (QED) is 0.0805. The number of ketones is 1. The molecule has 0 aliphatic rings. The Labute approximate surface area is 379 Å². The first-order valence-corrected chi connectivity index (χ1v) is 24.7. The summed E-state index contributed by atoms with van der Waals surface area (Å²) in [5.74, 6) is 0.584. The van der Waals surface area contributed by atoms with Gasteiger partial charge < -0.3 is 9.47 Å². The Morgan fingerprint density at radius 1 is 0.348 bits per heavy atom. The highest BCUT2D eigenvalue weighted by Gasteiger charge is 2.37. The van der Waals surface area contributed by atoms with Crippen LogP contribution in [-0.2, 0) is 4.79 Å². The normalized spacial score (nSPS) is 12.9. The molecule has 11 heteroatoms. The Kier molecular flexibility index (Phi) is 13.7. The van der Waals surface area contributed by atoms with E-state index in [1.54, 1.807) is 0 Å². The van der Waals surface area contributed by atoms with Gasteiger partial charge in [-0.2, -0.15) is 0 Å². The Hall–Kier alpha value is -6.79. The number of carbonyl (C=O) groups excluding carboxylic acids is 1. The van der Waals surface area contributed by atoms with E-state index >= 15 is 4.79 Å². The van der Waals surface area contributed by atoms with Crippen molar-refractivity contribution in [1.29, 1.82) is 0 Å². The first-order chi connectivity index (χ1) is 31.9. The van der Waals surface area contributed by atoms with E-state index in [1.165, 1.54) is 48.5 Å².